The Kier molecular flexibility index (Phi) is 4.27. The number of amides is 1. The van der Waals surface area contributed by atoms with Crippen molar-refractivity contribution in [2.45, 2.75) is 39.2 Å². The summed E-state index contributed by atoms with van der Waals surface area (Å²) in [6, 6.07) is 7.37. The summed E-state index contributed by atoms with van der Waals surface area (Å²) in [5.41, 5.74) is 7.91. The zero-order chi connectivity index (χ0) is 15.6. The summed E-state index contributed by atoms with van der Waals surface area (Å²) in [5.74, 6) is -0.140. The van der Waals surface area contributed by atoms with Crippen LogP contribution in [0, 0.1) is 0 Å². The average Bonchev–Trinajstić information content (AvgIpc) is 2.88. The second-order valence-electron chi connectivity index (χ2n) is 6.06. The number of hydrogen-bond donors (Lipinski definition) is 2. The van der Waals surface area contributed by atoms with Gasteiger partial charge in [-0.15, -0.1) is 5.10 Å². The van der Waals surface area contributed by atoms with Crippen LogP contribution in [-0.4, -0.2) is 15.5 Å². The van der Waals surface area contributed by atoms with Gasteiger partial charge in [0, 0.05) is 11.1 Å². The minimum Gasteiger partial charge on any atom is -0.399 e. The average molecular weight is 304 g/mol. The molecular weight excluding hydrogens is 284 g/mol. The lowest BCUT2D eigenvalue weighted by Crippen LogP contribution is -2.28. The molecule has 0 aliphatic rings. The number of anilines is 1. The second kappa shape index (κ2) is 5.81. The molecule has 5 nitrogen and oxygen atoms in total. The Balaban J connectivity index is 2.15. The molecule has 112 valence electrons. The first kappa shape index (κ1) is 15.4. The number of nitrogens with zero attached hydrogens (tertiary/aromatic N) is 2. The van der Waals surface area contributed by atoms with Crippen LogP contribution in [0.4, 0.5) is 5.69 Å². The Bertz CT molecular complexity index is 628. The fraction of sp³-hybridized carbons (Fsp3) is 0.400. The summed E-state index contributed by atoms with van der Waals surface area (Å²) in [6.07, 6.45) is 0. The first-order valence-electron chi connectivity index (χ1n) is 6.78. The van der Waals surface area contributed by atoms with Crippen molar-refractivity contribution in [3.63, 3.8) is 0 Å². The first-order valence-corrected chi connectivity index (χ1v) is 7.55. The Morgan fingerprint density at radius 2 is 1.90 bits per heavy atom. The highest BCUT2D eigenvalue weighted by molar-refractivity contribution is 7.08. The Labute approximate surface area is 128 Å². The largest absolute Gasteiger partial charge is 0.399 e. The predicted molar refractivity (Wildman–Crippen MR) is 85.3 cm³/mol. The van der Waals surface area contributed by atoms with E-state index in [-0.39, 0.29) is 17.4 Å². The molecule has 2 rings (SSSR count). The molecule has 1 aromatic heterocycles. The summed E-state index contributed by atoms with van der Waals surface area (Å²) in [4.78, 5) is 13.0. The van der Waals surface area contributed by atoms with E-state index >= 15 is 0 Å². The van der Waals surface area contributed by atoms with E-state index in [1.165, 1.54) is 0 Å². The highest BCUT2D eigenvalue weighted by Crippen LogP contribution is 2.26. The lowest BCUT2D eigenvalue weighted by atomic mass is 9.91. The quantitative estimate of drug-likeness (QED) is 0.854. The number of nitrogens with two attached hydrogens (primary N) is 1. The van der Waals surface area contributed by atoms with Gasteiger partial charge in [0.05, 0.1) is 11.7 Å². The van der Waals surface area contributed by atoms with Crippen molar-refractivity contribution < 1.29 is 4.79 Å². The van der Waals surface area contributed by atoms with Gasteiger partial charge in [0.15, 0.2) is 0 Å². The molecule has 6 heteroatoms. The van der Waals surface area contributed by atoms with Crippen molar-refractivity contribution in [1.82, 2.24) is 14.9 Å². The Hall–Kier alpha value is -1.95. The third-order valence-corrected chi connectivity index (χ3v) is 3.91. The molecule has 0 saturated carbocycles. The molecule has 1 amide bonds. The molecule has 1 unspecified atom stereocenters. The number of nitrogens with one attached hydrogen (secondary N) is 1. The molecule has 1 atom stereocenters. The minimum atomic E-state index is -0.204. The van der Waals surface area contributed by atoms with Gasteiger partial charge in [-0.05, 0) is 36.2 Å². The number of carbonyl (C=O) groups excluding carboxylic acids is 1. The molecule has 0 aliphatic carbocycles. The van der Waals surface area contributed by atoms with Gasteiger partial charge in [-0.25, -0.2) is 0 Å². The lowest BCUT2D eigenvalue weighted by Gasteiger charge is -2.18. The van der Waals surface area contributed by atoms with Crippen LogP contribution in [0.2, 0.25) is 0 Å². The molecule has 0 aliphatic heterocycles. The van der Waals surface area contributed by atoms with Crippen molar-refractivity contribution in [2.24, 2.45) is 0 Å². The van der Waals surface area contributed by atoms with Crippen LogP contribution < -0.4 is 11.1 Å². The number of nitrogen functional groups attached to an aromatic ring is 1. The highest BCUT2D eigenvalue weighted by Gasteiger charge is 2.26. The van der Waals surface area contributed by atoms with Crippen LogP contribution in [0.1, 0.15) is 54.7 Å². The summed E-state index contributed by atoms with van der Waals surface area (Å²) in [5, 5.41) is 7.07. The zero-order valence-electron chi connectivity index (χ0n) is 12.7. The number of aromatic nitrogens is 2. The van der Waals surface area contributed by atoms with Crippen LogP contribution >= 0.6 is 11.5 Å². The maximum absolute atomic E-state index is 12.4. The molecule has 2 aromatic rings. The van der Waals surface area contributed by atoms with Crippen molar-refractivity contribution in [2.75, 3.05) is 5.73 Å². The van der Waals surface area contributed by atoms with Gasteiger partial charge in [-0.1, -0.05) is 37.4 Å². The number of benzene rings is 1. The molecule has 0 bridgehead atoms. The van der Waals surface area contributed by atoms with Gasteiger partial charge in [0.25, 0.3) is 5.91 Å². The second-order valence-corrected chi connectivity index (χ2v) is 6.82. The van der Waals surface area contributed by atoms with Gasteiger partial charge in [0.1, 0.15) is 4.88 Å². The maximum atomic E-state index is 12.4. The lowest BCUT2D eigenvalue weighted by molar-refractivity contribution is 0.0941. The number of hydrogen-bond acceptors (Lipinski definition) is 5. The van der Waals surface area contributed by atoms with E-state index in [2.05, 4.69) is 14.9 Å². The zero-order valence-corrected chi connectivity index (χ0v) is 13.5. The molecular formula is C15H20N4OS. The number of rotatable bonds is 3. The van der Waals surface area contributed by atoms with Gasteiger partial charge in [-0.3, -0.25) is 4.79 Å². The number of carbonyl (C=O) groups is 1. The van der Waals surface area contributed by atoms with E-state index < -0.39 is 0 Å². The van der Waals surface area contributed by atoms with E-state index in [9.17, 15) is 4.79 Å². The maximum Gasteiger partial charge on any atom is 0.265 e. The summed E-state index contributed by atoms with van der Waals surface area (Å²) >= 11 is 1.13. The van der Waals surface area contributed by atoms with Crippen molar-refractivity contribution >= 4 is 23.1 Å². The SMILES string of the molecule is CC(NC(=O)c1snnc1C(C)(C)C)c1ccc(N)cc1. The third-order valence-electron chi connectivity index (χ3n) is 3.19. The van der Waals surface area contributed by atoms with E-state index in [4.69, 9.17) is 5.73 Å². The summed E-state index contributed by atoms with van der Waals surface area (Å²) in [6.45, 7) is 7.99. The molecule has 0 spiro atoms. The minimum absolute atomic E-state index is 0.104. The standard InChI is InChI=1S/C15H20N4OS/c1-9(10-5-7-11(16)8-6-10)17-14(20)12-13(15(2,3)4)18-19-21-12/h5-9H,16H2,1-4H3,(H,17,20). The van der Waals surface area contributed by atoms with Crippen LogP contribution in [0.3, 0.4) is 0 Å². The van der Waals surface area contributed by atoms with Crippen molar-refractivity contribution in [3.05, 3.63) is 40.4 Å². The van der Waals surface area contributed by atoms with Gasteiger partial charge >= 0.3 is 0 Å². The van der Waals surface area contributed by atoms with Crippen molar-refractivity contribution in [1.29, 1.82) is 0 Å². The molecule has 0 saturated heterocycles. The van der Waals surface area contributed by atoms with Crippen molar-refractivity contribution in [3.8, 4) is 0 Å². The highest BCUT2D eigenvalue weighted by atomic mass is 32.1. The van der Waals surface area contributed by atoms with Crippen LogP contribution in [0.5, 0.6) is 0 Å². The molecule has 3 N–H and O–H groups in total. The fourth-order valence-electron chi connectivity index (χ4n) is 1.96. The van der Waals surface area contributed by atoms with E-state index in [1.807, 2.05) is 52.0 Å². The molecule has 21 heavy (non-hydrogen) atoms. The third kappa shape index (κ3) is 3.58. The predicted octanol–water partition coefficient (Wildman–Crippen LogP) is 2.91. The monoisotopic (exact) mass is 304 g/mol. The normalized spacial score (nSPS) is 13.0. The Morgan fingerprint density at radius 3 is 2.48 bits per heavy atom. The van der Waals surface area contributed by atoms with Crippen LogP contribution in [0.25, 0.3) is 0 Å². The Morgan fingerprint density at radius 1 is 1.29 bits per heavy atom. The summed E-state index contributed by atoms with van der Waals surface area (Å²) in [7, 11) is 0. The van der Waals surface area contributed by atoms with Crippen LogP contribution in [0.15, 0.2) is 24.3 Å². The van der Waals surface area contributed by atoms with E-state index in [0.29, 0.717) is 10.6 Å². The summed E-state index contributed by atoms with van der Waals surface area (Å²) < 4.78 is 3.92. The molecule has 1 heterocycles. The molecule has 0 fully saturated rings. The van der Waals surface area contributed by atoms with Gasteiger partial charge < -0.3 is 11.1 Å². The van der Waals surface area contributed by atoms with Gasteiger partial charge in [0.2, 0.25) is 0 Å². The van der Waals surface area contributed by atoms with Crippen LogP contribution in [-0.2, 0) is 5.41 Å². The smallest absolute Gasteiger partial charge is 0.265 e. The van der Waals surface area contributed by atoms with Gasteiger partial charge in [-0.2, -0.15) is 0 Å². The topological polar surface area (TPSA) is 80.9 Å². The fourth-order valence-corrected chi connectivity index (χ4v) is 2.74. The van der Waals surface area contributed by atoms with E-state index in [1.54, 1.807) is 0 Å². The molecule has 0 radical (unpaired) electrons. The first-order chi connectivity index (χ1) is 9.79. The molecule has 1 aromatic carbocycles. The van der Waals surface area contributed by atoms with E-state index in [0.717, 1.165) is 22.8 Å².